The monoisotopic (exact) mass is 446 g/mol. The fraction of sp³-hybridized carbons (Fsp3) is 0. The van der Waals surface area contributed by atoms with Gasteiger partial charge in [-0.25, -0.2) is 8.42 Å². The second-order valence-corrected chi connectivity index (χ2v) is 8.43. The molecule has 0 bridgehead atoms. The molecule has 0 aromatic heterocycles. The average molecular weight is 447 g/mol. The zero-order valence-corrected chi connectivity index (χ0v) is 17.3. The Kier molecular flexibility index (Phi) is 6.59. The SMILES string of the molecule is O=C(/C=C\Nc1ccccc1NS(=O)(=O)c1ccccc1)c1ccc(Cl)c(Cl)c1. The van der Waals surface area contributed by atoms with Crippen LogP contribution < -0.4 is 10.0 Å². The highest BCUT2D eigenvalue weighted by Gasteiger charge is 2.15. The number of allylic oxidation sites excluding steroid dienone is 1. The number of para-hydroxylation sites is 2. The summed E-state index contributed by atoms with van der Waals surface area (Å²) in [6.45, 7) is 0. The van der Waals surface area contributed by atoms with E-state index in [9.17, 15) is 13.2 Å². The van der Waals surface area contributed by atoms with Crippen molar-refractivity contribution in [2.24, 2.45) is 0 Å². The molecule has 0 fully saturated rings. The molecule has 0 aliphatic rings. The van der Waals surface area contributed by atoms with E-state index in [1.54, 1.807) is 54.6 Å². The van der Waals surface area contributed by atoms with E-state index in [0.717, 1.165) is 0 Å². The number of hydrogen-bond donors (Lipinski definition) is 2. The first-order valence-corrected chi connectivity index (χ1v) is 10.7. The van der Waals surface area contributed by atoms with Gasteiger partial charge in [0.15, 0.2) is 5.78 Å². The highest BCUT2D eigenvalue weighted by Crippen LogP contribution is 2.25. The van der Waals surface area contributed by atoms with Gasteiger partial charge in [0.25, 0.3) is 10.0 Å². The van der Waals surface area contributed by atoms with E-state index in [1.807, 2.05) is 0 Å². The molecule has 29 heavy (non-hydrogen) atoms. The largest absolute Gasteiger partial charge is 0.360 e. The number of carbonyl (C=O) groups is 1. The lowest BCUT2D eigenvalue weighted by Crippen LogP contribution is -2.13. The summed E-state index contributed by atoms with van der Waals surface area (Å²) in [5, 5.41) is 3.58. The number of anilines is 2. The van der Waals surface area contributed by atoms with Crippen LogP contribution in [0.4, 0.5) is 11.4 Å². The number of nitrogens with one attached hydrogen (secondary N) is 2. The van der Waals surface area contributed by atoms with Gasteiger partial charge in [0.1, 0.15) is 0 Å². The van der Waals surface area contributed by atoms with Crippen LogP contribution in [-0.4, -0.2) is 14.2 Å². The lowest BCUT2D eigenvalue weighted by molar-refractivity contribution is 0.104. The Morgan fingerprint density at radius 3 is 2.17 bits per heavy atom. The number of ketones is 1. The second kappa shape index (κ2) is 9.13. The summed E-state index contributed by atoms with van der Waals surface area (Å²) in [4.78, 5) is 12.4. The zero-order valence-electron chi connectivity index (χ0n) is 15.0. The minimum absolute atomic E-state index is 0.153. The van der Waals surface area contributed by atoms with Gasteiger partial charge in [0.05, 0.1) is 26.3 Å². The van der Waals surface area contributed by atoms with Gasteiger partial charge in [-0.15, -0.1) is 0 Å². The molecule has 0 aliphatic carbocycles. The normalized spacial score (nSPS) is 11.4. The van der Waals surface area contributed by atoms with Gasteiger partial charge < -0.3 is 5.32 Å². The van der Waals surface area contributed by atoms with Crippen LogP contribution in [0.3, 0.4) is 0 Å². The quantitative estimate of drug-likeness (QED) is 0.365. The van der Waals surface area contributed by atoms with Gasteiger partial charge in [-0.1, -0.05) is 53.5 Å². The zero-order chi connectivity index (χ0) is 20.9. The summed E-state index contributed by atoms with van der Waals surface area (Å²) < 4.78 is 27.6. The Bertz CT molecular complexity index is 1160. The minimum atomic E-state index is -3.74. The predicted molar refractivity (Wildman–Crippen MR) is 117 cm³/mol. The van der Waals surface area contributed by atoms with Crippen LogP contribution in [0.25, 0.3) is 0 Å². The second-order valence-electron chi connectivity index (χ2n) is 5.93. The van der Waals surface area contributed by atoms with Gasteiger partial charge in [-0.05, 0) is 42.5 Å². The number of halogens is 2. The first-order valence-electron chi connectivity index (χ1n) is 8.46. The van der Waals surface area contributed by atoms with Crippen molar-refractivity contribution < 1.29 is 13.2 Å². The van der Waals surface area contributed by atoms with E-state index in [4.69, 9.17) is 23.2 Å². The third-order valence-electron chi connectivity index (χ3n) is 3.90. The molecule has 0 unspecified atom stereocenters. The van der Waals surface area contributed by atoms with E-state index in [2.05, 4.69) is 10.0 Å². The van der Waals surface area contributed by atoms with Crippen molar-refractivity contribution in [3.63, 3.8) is 0 Å². The van der Waals surface area contributed by atoms with Crippen molar-refractivity contribution in [1.82, 2.24) is 0 Å². The molecule has 0 saturated carbocycles. The lowest BCUT2D eigenvalue weighted by atomic mass is 10.1. The molecule has 3 rings (SSSR count). The molecule has 3 aromatic rings. The van der Waals surface area contributed by atoms with E-state index in [1.165, 1.54) is 30.5 Å². The van der Waals surface area contributed by atoms with Crippen molar-refractivity contribution in [1.29, 1.82) is 0 Å². The van der Waals surface area contributed by atoms with E-state index in [0.29, 0.717) is 27.0 Å². The molecule has 148 valence electrons. The van der Waals surface area contributed by atoms with Crippen LogP contribution in [0.1, 0.15) is 10.4 Å². The molecule has 0 saturated heterocycles. The molecule has 2 N–H and O–H groups in total. The minimum Gasteiger partial charge on any atom is -0.360 e. The fourth-order valence-electron chi connectivity index (χ4n) is 2.45. The summed E-state index contributed by atoms with van der Waals surface area (Å²) in [6.07, 6.45) is 2.75. The third-order valence-corrected chi connectivity index (χ3v) is 6.02. The van der Waals surface area contributed by atoms with Crippen molar-refractivity contribution in [2.45, 2.75) is 4.90 Å². The van der Waals surface area contributed by atoms with Crippen LogP contribution >= 0.6 is 23.2 Å². The first-order chi connectivity index (χ1) is 13.9. The molecule has 8 heteroatoms. The van der Waals surface area contributed by atoms with Crippen molar-refractivity contribution in [2.75, 3.05) is 10.0 Å². The number of carbonyl (C=O) groups excluding carboxylic acids is 1. The Morgan fingerprint density at radius 1 is 0.828 bits per heavy atom. The molecule has 0 radical (unpaired) electrons. The molecule has 0 amide bonds. The Balaban J connectivity index is 1.75. The molecule has 0 spiro atoms. The maximum atomic E-state index is 12.5. The van der Waals surface area contributed by atoms with Crippen LogP contribution in [0, 0.1) is 0 Å². The van der Waals surface area contributed by atoms with Crippen molar-refractivity contribution in [3.8, 4) is 0 Å². The Labute approximate surface area is 179 Å². The van der Waals surface area contributed by atoms with E-state index in [-0.39, 0.29) is 10.7 Å². The highest BCUT2D eigenvalue weighted by molar-refractivity contribution is 7.92. The van der Waals surface area contributed by atoms with Crippen molar-refractivity contribution >= 4 is 50.4 Å². The molecule has 0 heterocycles. The summed E-state index contributed by atoms with van der Waals surface area (Å²) in [5.74, 6) is -0.279. The molecule has 0 aliphatic heterocycles. The van der Waals surface area contributed by atoms with Crippen molar-refractivity contribution in [3.05, 3.63) is 101 Å². The van der Waals surface area contributed by atoms with E-state index < -0.39 is 10.0 Å². The fourth-order valence-corrected chi connectivity index (χ4v) is 3.85. The van der Waals surface area contributed by atoms with Crippen LogP contribution in [0.5, 0.6) is 0 Å². The van der Waals surface area contributed by atoms with Gasteiger partial charge in [0.2, 0.25) is 0 Å². The lowest BCUT2D eigenvalue weighted by Gasteiger charge is -2.12. The smallest absolute Gasteiger partial charge is 0.261 e. The number of hydrogen-bond acceptors (Lipinski definition) is 4. The van der Waals surface area contributed by atoms with E-state index >= 15 is 0 Å². The van der Waals surface area contributed by atoms with Gasteiger partial charge in [-0.3, -0.25) is 9.52 Å². The average Bonchev–Trinajstić information content (AvgIpc) is 2.71. The Morgan fingerprint density at radius 2 is 1.48 bits per heavy atom. The number of rotatable bonds is 7. The molecule has 5 nitrogen and oxygen atoms in total. The predicted octanol–water partition coefficient (Wildman–Crippen LogP) is 5.60. The summed E-state index contributed by atoms with van der Waals surface area (Å²) in [5.41, 5.74) is 1.23. The van der Waals surface area contributed by atoms with Crippen LogP contribution in [-0.2, 0) is 10.0 Å². The molecular weight excluding hydrogens is 431 g/mol. The van der Waals surface area contributed by atoms with Gasteiger partial charge >= 0.3 is 0 Å². The topological polar surface area (TPSA) is 75.3 Å². The van der Waals surface area contributed by atoms with Gasteiger partial charge in [-0.2, -0.15) is 0 Å². The van der Waals surface area contributed by atoms with Crippen LogP contribution in [0.2, 0.25) is 10.0 Å². The summed E-state index contributed by atoms with van der Waals surface area (Å²) in [6, 6.07) is 19.4. The molecule has 3 aromatic carbocycles. The summed E-state index contributed by atoms with van der Waals surface area (Å²) >= 11 is 11.8. The maximum absolute atomic E-state index is 12.5. The maximum Gasteiger partial charge on any atom is 0.261 e. The number of benzene rings is 3. The molecule has 0 atom stereocenters. The standard InChI is InChI=1S/C21H16Cl2N2O3S/c22-17-11-10-15(14-18(17)23)21(26)12-13-24-19-8-4-5-9-20(19)25-29(27,28)16-6-2-1-3-7-16/h1-14,24-25H/b13-12-. The third kappa shape index (κ3) is 5.38. The number of sulfonamides is 1. The summed E-state index contributed by atoms with van der Waals surface area (Å²) in [7, 11) is -3.74. The molecular formula is C21H16Cl2N2O3S. The first kappa shape index (κ1) is 20.9. The highest BCUT2D eigenvalue weighted by atomic mass is 35.5. The van der Waals surface area contributed by atoms with Crippen LogP contribution in [0.15, 0.2) is 90.0 Å². The Hall–Kier alpha value is -2.80. The van der Waals surface area contributed by atoms with Gasteiger partial charge in [0, 0.05) is 17.8 Å².